The molecule has 5 heteroatoms. The summed E-state index contributed by atoms with van der Waals surface area (Å²) in [4.78, 5) is 15.8. The van der Waals surface area contributed by atoms with Crippen molar-refractivity contribution < 1.29 is 4.79 Å². The number of halogens is 1. The van der Waals surface area contributed by atoms with Crippen molar-refractivity contribution in [2.45, 2.75) is 38.6 Å². The zero-order chi connectivity index (χ0) is 11.4. The van der Waals surface area contributed by atoms with Crippen LogP contribution in [0.5, 0.6) is 0 Å². The molecule has 0 aromatic carbocycles. The standard InChI is InChI=1S/C11H14IN3O/c1-5(2)15-10(13-11(12)14-15)9-7-3-6(16)4-8(7)9/h5,7-9H,3-4H2,1-2H3/t7-,8?,9?/m1/s1. The van der Waals surface area contributed by atoms with Crippen LogP contribution in [0.2, 0.25) is 0 Å². The summed E-state index contributed by atoms with van der Waals surface area (Å²) in [5.41, 5.74) is 0. The lowest BCUT2D eigenvalue weighted by molar-refractivity contribution is -0.118. The molecule has 0 N–H and O–H groups in total. The maximum Gasteiger partial charge on any atom is 0.211 e. The highest BCUT2D eigenvalue weighted by molar-refractivity contribution is 14.1. The van der Waals surface area contributed by atoms with Gasteiger partial charge in [-0.15, -0.1) is 5.10 Å². The highest BCUT2D eigenvalue weighted by atomic mass is 127. The summed E-state index contributed by atoms with van der Waals surface area (Å²) in [6.07, 6.45) is 1.52. The molecule has 1 aromatic rings. The fourth-order valence-electron chi connectivity index (χ4n) is 2.91. The van der Waals surface area contributed by atoms with E-state index in [1.54, 1.807) is 0 Å². The molecular formula is C11H14IN3O. The van der Waals surface area contributed by atoms with E-state index in [1.807, 2.05) is 4.68 Å². The van der Waals surface area contributed by atoms with Gasteiger partial charge in [0, 0.05) is 47.4 Å². The van der Waals surface area contributed by atoms with Gasteiger partial charge in [0.1, 0.15) is 11.6 Å². The smallest absolute Gasteiger partial charge is 0.211 e. The number of hydrogen-bond donors (Lipinski definition) is 0. The normalized spacial score (nSPS) is 32.2. The summed E-state index contributed by atoms with van der Waals surface area (Å²) in [7, 11) is 0. The Morgan fingerprint density at radius 3 is 2.56 bits per heavy atom. The number of carbonyl (C=O) groups excluding carboxylic acids is 1. The Bertz CT molecular complexity index is 440. The first-order valence-electron chi connectivity index (χ1n) is 5.71. The average molecular weight is 331 g/mol. The van der Waals surface area contributed by atoms with Gasteiger partial charge in [-0.1, -0.05) is 0 Å². The van der Waals surface area contributed by atoms with Crippen LogP contribution in [0.4, 0.5) is 0 Å². The number of carbonyl (C=O) groups is 1. The molecule has 0 aliphatic heterocycles. The Hall–Kier alpha value is -0.460. The molecule has 1 heterocycles. The van der Waals surface area contributed by atoms with Crippen molar-refractivity contribution in [2.24, 2.45) is 11.8 Å². The zero-order valence-electron chi connectivity index (χ0n) is 9.35. The van der Waals surface area contributed by atoms with Crippen LogP contribution < -0.4 is 0 Å². The van der Waals surface area contributed by atoms with E-state index in [9.17, 15) is 4.79 Å². The predicted molar refractivity (Wildman–Crippen MR) is 67.1 cm³/mol. The molecule has 2 fully saturated rings. The number of nitrogens with zero attached hydrogens (tertiary/aromatic N) is 3. The van der Waals surface area contributed by atoms with Crippen molar-refractivity contribution in [1.82, 2.24) is 14.8 Å². The van der Waals surface area contributed by atoms with Crippen molar-refractivity contribution in [2.75, 3.05) is 0 Å². The topological polar surface area (TPSA) is 47.8 Å². The van der Waals surface area contributed by atoms with Gasteiger partial charge in [-0.25, -0.2) is 9.67 Å². The van der Waals surface area contributed by atoms with Gasteiger partial charge in [0.05, 0.1) is 0 Å². The molecule has 3 rings (SSSR count). The molecule has 4 nitrogen and oxygen atoms in total. The van der Waals surface area contributed by atoms with Crippen LogP contribution in [0, 0.1) is 15.7 Å². The number of aromatic nitrogens is 3. The molecule has 0 spiro atoms. The third-order valence-electron chi connectivity index (χ3n) is 3.68. The van der Waals surface area contributed by atoms with Crippen LogP contribution in [0.15, 0.2) is 0 Å². The number of ketones is 1. The maximum absolute atomic E-state index is 11.2. The summed E-state index contributed by atoms with van der Waals surface area (Å²) in [5, 5.41) is 4.42. The first-order chi connectivity index (χ1) is 7.58. The lowest BCUT2D eigenvalue weighted by Crippen LogP contribution is -2.10. The molecule has 86 valence electrons. The molecule has 0 bridgehead atoms. The van der Waals surface area contributed by atoms with Gasteiger partial charge >= 0.3 is 0 Å². The third kappa shape index (κ3) is 1.51. The molecule has 2 unspecified atom stereocenters. The summed E-state index contributed by atoms with van der Waals surface area (Å²) < 4.78 is 2.84. The Morgan fingerprint density at radius 1 is 1.38 bits per heavy atom. The minimum atomic E-state index is 0.350. The third-order valence-corrected chi connectivity index (χ3v) is 4.13. The molecule has 0 amide bonds. The number of hydrogen-bond acceptors (Lipinski definition) is 3. The van der Waals surface area contributed by atoms with Crippen LogP contribution in [-0.2, 0) is 4.79 Å². The highest BCUT2D eigenvalue weighted by Gasteiger charge is 2.58. The van der Waals surface area contributed by atoms with E-state index < -0.39 is 0 Å². The van der Waals surface area contributed by atoms with Crippen molar-refractivity contribution in [3.8, 4) is 0 Å². The number of rotatable bonds is 2. The van der Waals surface area contributed by atoms with Crippen molar-refractivity contribution in [3.05, 3.63) is 9.66 Å². The highest BCUT2D eigenvalue weighted by Crippen LogP contribution is 2.61. The lowest BCUT2D eigenvalue weighted by Gasteiger charge is -2.09. The molecule has 2 aliphatic rings. The number of fused-ring (bicyclic) bond motifs is 1. The van der Waals surface area contributed by atoms with Crippen molar-refractivity contribution in [1.29, 1.82) is 0 Å². The van der Waals surface area contributed by atoms with Gasteiger partial charge in [0.25, 0.3) is 0 Å². The second kappa shape index (κ2) is 3.51. The Kier molecular flexibility index (Phi) is 2.35. The second-order valence-corrected chi connectivity index (χ2v) is 6.04. The van der Waals surface area contributed by atoms with E-state index in [2.05, 4.69) is 46.5 Å². The maximum atomic E-state index is 11.2. The van der Waals surface area contributed by atoms with Gasteiger partial charge in [-0.05, 0) is 25.7 Å². The van der Waals surface area contributed by atoms with Gasteiger partial charge in [-0.3, -0.25) is 4.79 Å². The summed E-state index contributed by atoms with van der Waals surface area (Å²) >= 11 is 2.16. The van der Waals surface area contributed by atoms with Crippen molar-refractivity contribution in [3.63, 3.8) is 0 Å². The fourth-order valence-corrected chi connectivity index (χ4v) is 3.39. The van der Waals surface area contributed by atoms with Gasteiger partial charge < -0.3 is 0 Å². The SMILES string of the molecule is CC(C)n1nc(I)nc1C1C2CC(=O)C[C@H]21. The van der Waals surface area contributed by atoms with Gasteiger partial charge in [-0.2, -0.15) is 0 Å². The molecule has 16 heavy (non-hydrogen) atoms. The van der Waals surface area contributed by atoms with E-state index in [4.69, 9.17) is 0 Å². The van der Waals surface area contributed by atoms with Crippen LogP contribution in [0.1, 0.15) is 44.5 Å². The van der Waals surface area contributed by atoms with Crippen LogP contribution in [0.3, 0.4) is 0 Å². The van der Waals surface area contributed by atoms with E-state index in [0.29, 0.717) is 29.6 Å². The predicted octanol–water partition coefficient (Wildman–Crippen LogP) is 2.16. The minimum absolute atomic E-state index is 0.350. The number of Topliss-reactive ketones (excluding diaryl/α,β-unsaturated/α-hetero) is 1. The summed E-state index contributed by atoms with van der Waals surface area (Å²) in [5.74, 6) is 3.14. The Balaban J connectivity index is 1.89. The first-order valence-corrected chi connectivity index (χ1v) is 6.79. The molecule has 2 aliphatic carbocycles. The van der Waals surface area contributed by atoms with E-state index in [-0.39, 0.29) is 0 Å². The zero-order valence-corrected chi connectivity index (χ0v) is 11.5. The molecule has 0 saturated heterocycles. The molecular weight excluding hydrogens is 317 g/mol. The molecule has 3 atom stereocenters. The Labute approximate surface area is 108 Å². The molecule has 1 aromatic heterocycles. The van der Waals surface area contributed by atoms with Crippen LogP contribution in [0.25, 0.3) is 0 Å². The minimum Gasteiger partial charge on any atom is -0.300 e. The molecule has 2 saturated carbocycles. The largest absolute Gasteiger partial charge is 0.300 e. The van der Waals surface area contributed by atoms with Crippen molar-refractivity contribution >= 4 is 28.4 Å². The first kappa shape index (κ1) is 10.7. The average Bonchev–Trinajstić information content (AvgIpc) is 2.60. The summed E-state index contributed by atoms with van der Waals surface area (Å²) in [6.45, 7) is 4.25. The van der Waals surface area contributed by atoms with Crippen LogP contribution in [-0.4, -0.2) is 20.5 Å². The van der Waals surface area contributed by atoms with Gasteiger partial charge in [0.2, 0.25) is 3.83 Å². The van der Waals surface area contributed by atoms with E-state index in [0.717, 1.165) is 22.5 Å². The molecule has 0 radical (unpaired) electrons. The quantitative estimate of drug-likeness (QED) is 0.781. The van der Waals surface area contributed by atoms with E-state index in [1.165, 1.54) is 0 Å². The summed E-state index contributed by atoms with van der Waals surface area (Å²) in [6, 6.07) is 0.350. The Morgan fingerprint density at radius 2 is 2.00 bits per heavy atom. The van der Waals surface area contributed by atoms with Gasteiger partial charge in [0.15, 0.2) is 0 Å². The van der Waals surface area contributed by atoms with E-state index >= 15 is 0 Å². The second-order valence-electron chi connectivity index (χ2n) is 5.08. The monoisotopic (exact) mass is 331 g/mol. The lowest BCUT2D eigenvalue weighted by atomic mass is 10.1. The van der Waals surface area contributed by atoms with Crippen LogP contribution >= 0.6 is 22.6 Å². The fraction of sp³-hybridized carbons (Fsp3) is 0.727.